The molecule has 0 bridgehead atoms. The number of aryl methyl sites for hydroxylation is 1. The van der Waals surface area contributed by atoms with Crippen molar-refractivity contribution in [1.29, 1.82) is 0 Å². The third-order valence-electron chi connectivity index (χ3n) is 4.67. The van der Waals surface area contributed by atoms with Gasteiger partial charge in [-0.15, -0.1) is 0 Å². The highest BCUT2D eigenvalue weighted by Crippen LogP contribution is 2.11. The molecule has 3 aromatic rings. The van der Waals surface area contributed by atoms with Crippen molar-refractivity contribution in [2.45, 2.75) is 31.5 Å². The van der Waals surface area contributed by atoms with Crippen LogP contribution in [0.3, 0.4) is 0 Å². The molecule has 3 rings (SSSR count). The topological polar surface area (TPSA) is 32.3 Å². The predicted octanol–water partition coefficient (Wildman–Crippen LogP) is 4.85. The second-order valence-electron chi connectivity index (χ2n) is 6.75. The van der Waals surface area contributed by atoms with Crippen molar-refractivity contribution < 1.29 is 5.11 Å². The largest absolute Gasteiger partial charge is 0.391 e. The number of rotatable bonds is 9. The lowest BCUT2D eigenvalue weighted by atomic mass is 10.0. The van der Waals surface area contributed by atoms with Crippen molar-refractivity contribution in [1.82, 2.24) is 5.32 Å². The maximum absolute atomic E-state index is 10.8. The van der Waals surface area contributed by atoms with Gasteiger partial charge in [-0.2, -0.15) is 0 Å². The maximum Gasteiger partial charge on any atom is 0.0732 e. The number of hydrogen-bond acceptors (Lipinski definition) is 2. The minimum Gasteiger partial charge on any atom is -0.391 e. The van der Waals surface area contributed by atoms with E-state index in [1.807, 2.05) is 54.6 Å². The Morgan fingerprint density at radius 1 is 0.741 bits per heavy atom. The summed E-state index contributed by atoms with van der Waals surface area (Å²) in [6.07, 6.45) is 5.29. The van der Waals surface area contributed by atoms with Gasteiger partial charge in [-0.3, -0.25) is 0 Å². The van der Waals surface area contributed by atoms with Gasteiger partial charge >= 0.3 is 0 Å². The van der Waals surface area contributed by atoms with Gasteiger partial charge in [0.05, 0.1) is 12.1 Å². The summed E-state index contributed by atoms with van der Waals surface area (Å²) < 4.78 is 0. The van der Waals surface area contributed by atoms with Crippen LogP contribution in [-0.4, -0.2) is 17.3 Å². The van der Waals surface area contributed by atoms with Crippen LogP contribution in [0.15, 0.2) is 97.1 Å². The molecule has 0 aliphatic rings. The van der Waals surface area contributed by atoms with Crippen LogP contribution in [0, 0.1) is 0 Å². The molecule has 2 heteroatoms. The molecule has 0 radical (unpaired) electrons. The second-order valence-corrected chi connectivity index (χ2v) is 6.75. The fourth-order valence-corrected chi connectivity index (χ4v) is 3.08. The SMILES string of the molecule is O[C@@H](CCc1ccccc1)[C@@H](/C=C/c1ccccc1)NCc1ccccc1. The van der Waals surface area contributed by atoms with Crippen molar-refractivity contribution in [3.05, 3.63) is 114 Å². The van der Waals surface area contributed by atoms with Gasteiger partial charge in [-0.25, -0.2) is 0 Å². The fourth-order valence-electron chi connectivity index (χ4n) is 3.08. The Kier molecular flexibility index (Phi) is 7.40. The highest BCUT2D eigenvalue weighted by Gasteiger charge is 2.16. The molecule has 0 heterocycles. The molecule has 0 fully saturated rings. The molecule has 27 heavy (non-hydrogen) atoms. The maximum atomic E-state index is 10.8. The molecule has 2 N–H and O–H groups in total. The Balaban J connectivity index is 1.64. The molecule has 3 aromatic carbocycles. The highest BCUT2D eigenvalue weighted by atomic mass is 16.3. The van der Waals surface area contributed by atoms with Crippen LogP contribution < -0.4 is 5.32 Å². The van der Waals surface area contributed by atoms with Gasteiger partial charge in [0.1, 0.15) is 0 Å². The summed E-state index contributed by atoms with van der Waals surface area (Å²) in [7, 11) is 0. The first kappa shape index (κ1) is 19.1. The van der Waals surface area contributed by atoms with E-state index in [4.69, 9.17) is 0 Å². The summed E-state index contributed by atoms with van der Waals surface area (Å²) >= 11 is 0. The number of hydrogen-bond donors (Lipinski definition) is 2. The standard InChI is InChI=1S/C25H27NO/c27-25(19-17-22-12-6-2-7-13-22)24(18-16-21-10-4-1-5-11-21)26-20-23-14-8-3-9-15-23/h1-16,18,24-27H,17,19-20H2/b18-16+/t24-,25+/m1/s1. The van der Waals surface area contributed by atoms with Crippen LogP contribution >= 0.6 is 0 Å². The van der Waals surface area contributed by atoms with Gasteiger partial charge in [0.15, 0.2) is 0 Å². The quantitative estimate of drug-likeness (QED) is 0.574. The third-order valence-corrected chi connectivity index (χ3v) is 4.67. The Bertz CT molecular complexity index is 800. The number of aliphatic hydroxyl groups is 1. The zero-order valence-electron chi connectivity index (χ0n) is 15.5. The Morgan fingerprint density at radius 3 is 1.93 bits per heavy atom. The van der Waals surface area contributed by atoms with Gasteiger partial charge in [-0.05, 0) is 29.5 Å². The molecule has 2 atom stereocenters. The van der Waals surface area contributed by atoms with Crippen LogP contribution in [0.1, 0.15) is 23.1 Å². The van der Waals surface area contributed by atoms with E-state index in [1.54, 1.807) is 0 Å². The summed E-state index contributed by atoms with van der Waals surface area (Å²) in [4.78, 5) is 0. The molecule has 138 valence electrons. The average Bonchev–Trinajstić information content (AvgIpc) is 2.74. The van der Waals surface area contributed by atoms with Gasteiger partial charge in [0.25, 0.3) is 0 Å². The van der Waals surface area contributed by atoms with Crippen LogP contribution in [0.4, 0.5) is 0 Å². The van der Waals surface area contributed by atoms with E-state index in [0.717, 1.165) is 24.9 Å². The van der Waals surface area contributed by atoms with Gasteiger partial charge in [-0.1, -0.05) is 103 Å². The van der Waals surface area contributed by atoms with Crippen molar-refractivity contribution in [3.8, 4) is 0 Å². The van der Waals surface area contributed by atoms with Crippen molar-refractivity contribution in [2.75, 3.05) is 0 Å². The molecule has 0 spiro atoms. The first-order valence-corrected chi connectivity index (χ1v) is 9.54. The number of aliphatic hydroxyl groups excluding tert-OH is 1. The molecule has 0 aliphatic carbocycles. The monoisotopic (exact) mass is 357 g/mol. The Hall–Kier alpha value is -2.68. The lowest BCUT2D eigenvalue weighted by Crippen LogP contribution is -2.38. The normalized spacial score (nSPS) is 13.5. The van der Waals surface area contributed by atoms with Crippen molar-refractivity contribution >= 4 is 6.08 Å². The van der Waals surface area contributed by atoms with Gasteiger partial charge in [0, 0.05) is 6.54 Å². The fraction of sp³-hybridized carbons (Fsp3) is 0.200. The highest BCUT2D eigenvalue weighted by molar-refractivity contribution is 5.49. The van der Waals surface area contributed by atoms with Crippen LogP contribution in [0.5, 0.6) is 0 Å². The van der Waals surface area contributed by atoms with E-state index >= 15 is 0 Å². The lowest BCUT2D eigenvalue weighted by Gasteiger charge is -2.22. The zero-order chi connectivity index (χ0) is 18.7. The van der Waals surface area contributed by atoms with E-state index < -0.39 is 6.10 Å². The Labute approximate surface area is 162 Å². The molecular formula is C25H27NO. The number of nitrogens with one attached hydrogen (secondary N) is 1. The first-order valence-electron chi connectivity index (χ1n) is 9.54. The Morgan fingerprint density at radius 2 is 1.30 bits per heavy atom. The van der Waals surface area contributed by atoms with Crippen molar-refractivity contribution in [3.63, 3.8) is 0 Å². The van der Waals surface area contributed by atoms with Crippen LogP contribution in [-0.2, 0) is 13.0 Å². The van der Waals surface area contributed by atoms with Crippen molar-refractivity contribution in [2.24, 2.45) is 0 Å². The lowest BCUT2D eigenvalue weighted by molar-refractivity contribution is 0.136. The molecule has 0 saturated carbocycles. The molecule has 0 amide bonds. The molecule has 0 aliphatic heterocycles. The first-order chi connectivity index (χ1) is 13.3. The van der Waals surface area contributed by atoms with Crippen LogP contribution in [0.2, 0.25) is 0 Å². The summed E-state index contributed by atoms with van der Waals surface area (Å²) in [6, 6.07) is 30.7. The van der Waals surface area contributed by atoms with E-state index in [0.29, 0.717) is 0 Å². The summed E-state index contributed by atoms with van der Waals surface area (Å²) in [5, 5.41) is 14.3. The molecule has 0 unspecified atom stereocenters. The average molecular weight is 357 g/mol. The number of benzene rings is 3. The summed E-state index contributed by atoms with van der Waals surface area (Å²) in [5.41, 5.74) is 3.61. The van der Waals surface area contributed by atoms with E-state index in [2.05, 4.69) is 53.9 Å². The second kappa shape index (κ2) is 10.5. The molecular weight excluding hydrogens is 330 g/mol. The predicted molar refractivity (Wildman–Crippen MR) is 113 cm³/mol. The minimum atomic E-state index is -0.450. The van der Waals surface area contributed by atoms with E-state index in [-0.39, 0.29) is 6.04 Å². The van der Waals surface area contributed by atoms with Crippen LogP contribution in [0.25, 0.3) is 6.08 Å². The summed E-state index contributed by atoms with van der Waals surface area (Å²) in [6.45, 7) is 0.729. The smallest absolute Gasteiger partial charge is 0.0732 e. The summed E-state index contributed by atoms with van der Waals surface area (Å²) in [5.74, 6) is 0. The molecule has 0 aromatic heterocycles. The molecule has 2 nitrogen and oxygen atoms in total. The van der Waals surface area contributed by atoms with E-state index in [9.17, 15) is 5.11 Å². The van der Waals surface area contributed by atoms with E-state index in [1.165, 1.54) is 11.1 Å². The molecule has 0 saturated heterocycles. The zero-order valence-corrected chi connectivity index (χ0v) is 15.5. The van der Waals surface area contributed by atoms with Gasteiger partial charge in [0.2, 0.25) is 0 Å². The third kappa shape index (κ3) is 6.52. The minimum absolute atomic E-state index is 0.103. The van der Waals surface area contributed by atoms with Gasteiger partial charge < -0.3 is 10.4 Å².